The zero-order chi connectivity index (χ0) is 67.9. The number of thiol groups is 5. The number of ether oxygens (including phenoxy) is 10. The molecule has 6 aromatic carbocycles. The molecule has 6 aromatic rings. The fourth-order valence-corrected chi connectivity index (χ4v) is 9.40. The van der Waals surface area contributed by atoms with Gasteiger partial charge in [-0.2, -0.15) is 63.1 Å². The van der Waals surface area contributed by atoms with Gasteiger partial charge in [-0.25, -0.2) is 0 Å². The van der Waals surface area contributed by atoms with E-state index in [1.54, 1.807) is 28.3 Å². The number of esters is 5. The third kappa shape index (κ3) is 33.1. The van der Waals surface area contributed by atoms with Crippen molar-refractivity contribution in [2.75, 3.05) is 110 Å². The first-order chi connectivity index (χ1) is 44.3. The fourth-order valence-electron chi connectivity index (χ4n) is 8.68. The molecule has 0 fully saturated rings. The van der Waals surface area contributed by atoms with Crippen LogP contribution in [0.3, 0.4) is 0 Å². The zero-order valence-corrected chi connectivity index (χ0v) is 59.2. The minimum atomic E-state index is -0.312. The average molecular weight is 1360 g/mol. The molecule has 0 amide bonds. The van der Waals surface area contributed by atoms with Crippen LogP contribution in [-0.4, -0.2) is 146 Å². The SMILES string of the molecule is CC(C)(c1ccccc1)c1ccc(OCCOC(=O)CCS)cc1.CC(c1ccccc1)c1cc(C(C)c2ccccc2)c(OCCOC(=O)CCS)c(C(C)c2ccccc2)c1.COCC(C)OC(=O)CS.COCCOC(=O)CCS.COCCOC(=O)CS. The van der Waals surface area contributed by atoms with Gasteiger partial charge in [0.2, 0.25) is 0 Å². The number of hydrogen-bond acceptors (Lipinski definition) is 20. The molecule has 4 atom stereocenters. The van der Waals surface area contributed by atoms with Gasteiger partial charge in [-0.1, -0.05) is 180 Å². The summed E-state index contributed by atoms with van der Waals surface area (Å²) >= 11 is 19.4. The largest absolute Gasteiger partial charge is 0.490 e. The van der Waals surface area contributed by atoms with Crippen LogP contribution in [0.25, 0.3) is 0 Å². The zero-order valence-electron chi connectivity index (χ0n) is 54.7. The van der Waals surface area contributed by atoms with Crippen molar-refractivity contribution < 1.29 is 71.3 Å². The Kier molecular flexibility index (Phi) is 44.1. The molecule has 0 saturated heterocycles. The molecule has 0 saturated carbocycles. The Bertz CT molecular complexity index is 2870. The number of rotatable bonds is 33. The summed E-state index contributed by atoms with van der Waals surface area (Å²) in [4.78, 5) is 54.6. The molecule has 92 heavy (non-hydrogen) atoms. The maximum Gasteiger partial charge on any atom is 0.315 e. The number of carbonyl (C=O) groups excluding carboxylic acids is 5. The van der Waals surface area contributed by atoms with Crippen molar-refractivity contribution in [1.29, 1.82) is 0 Å². The topological polar surface area (TPSA) is 178 Å². The van der Waals surface area contributed by atoms with Crippen LogP contribution >= 0.6 is 63.1 Å². The lowest BCUT2D eigenvalue weighted by Gasteiger charge is -2.26. The van der Waals surface area contributed by atoms with E-state index in [4.69, 9.17) is 33.2 Å². The summed E-state index contributed by atoms with van der Waals surface area (Å²) in [7, 11) is 4.67. The van der Waals surface area contributed by atoms with Crippen molar-refractivity contribution in [3.63, 3.8) is 0 Å². The summed E-state index contributed by atoms with van der Waals surface area (Å²) in [5.41, 5.74) is 9.69. The van der Waals surface area contributed by atoms with Crippen molar-refractivity contribution in [3.8, 4) is 11.5 Å². The van der Waals surface area contributed by atoms with Gasteiger partial charge in [0.1, 0.15) is 57.2 Å². The van der Waals surface area contributed by atoms with Crippen molar-refractivity contribution in [1.82, 2.24) is 0 Å². The third-order valence-electron chi connectivity index (χ3n) is 13.8. The highest BCUT2D eigenvalue weighted by Gasteiger charge is 2.26. The number of benzene rings is 6. The predicted molar refractivity (Wildman–Crippen MR) is 382 cm³/mol. The Morgan fingerprint density at radius 3 is 1.13 bits per heavy atom. The lowest BCUT2D eigenvalue weighted by molar-refractivity contribution is -0.147. The summed E-state index contributed by atoms with van der Waals surface area (Å²) in [6.45, 7) is 16.0. The summed E-state index contributed by atoms with van der Waals surface area (Å²) < 4.78 is 50.7. The molecule has 4 unspecified atom stereocenters. The average Bonchev–Trinajstić information content (AvgIpc) is 0.801. The van der Waals surface area contributed by atoms with Crippen LogP contribution in [0.4, 0.5) is 0 Å². The van der Waals surface area contributed by atoms with E-state index in [1.165, 1.54) is 33.4 Å². The standard InChI is InChI=1S/C35H38O3S.C20H24O3S.2C6H12O3S.C5H10O3S/c1-25(28-13-7-4-8-14-28)31-23-32(26(2)29-15-9-5-10-16-29)35(38-21-20-37-34(36)19-22-39)33(24-31)27(3)30-17-11-6-12-18-30;1-20(2,16-6-4-3-5-7-16)17-8-10-18(11-9-17)22-13-14-23-19(21)12-15-24;1-5(3-8-2)9-6(7)4-10;1-8-3-4-9-6(7)2-5-10;1-7-2-3-8-5(6)4-9/h4-18,23-27,39H,19-22H2,1-3H3;3-11,24H,12-15H2,1-2H3;5,10H,3-4H2,1-2H3;10H,2-5H2,1H3;9H,2-4H2,1H3. The molecule has 6 rings (SSSR count). The van der Waals surface area contributed by atoms with Gasteiger partial charge >= 0.3 is 29.8 Å². The Hall–Kier alpha value is -6.10. The molecule has 0 bridgehead atoms. The normalized spacial score (nSPS) is 11.8. The van der Waals surface area contributed by atoms with Gasteiger partial charge in [-0.3, -0.25) is 24.0 Å². The minimum Gasteiger partial charge on any atom is -0.490 e. The lowest BCUT2D eigenvalue weighted by Crippen LogP contribution is -2.20. The molecular weight excluding hydrogens is 1270 g/mol. The van der Waals surface area contributed by atoms with Crippen LogP contribution in [-0.2, 0) is 67.3 Å². The molecule has 0 aliphatic carbocycles. The second-order valence-electron chi connectivity index (χ2n) is 21.0. The van der Waals surface area contributed by atoms with Crippen LogP contribution < -0.4 is 9.47 Å². The van der Waals surface area contributed by atoms with E-state index in [1.807, 2.05) is 30.3 Å². The summed E-state index contributed by atoms with van der Waals surface area (Å²) in [5.74, 6) is 2.49. The molecule has 0 spiro atoms. The van der Waals surface area contributed by atoms with Gasteiger partial charge < -0.3 is 47.4 Å². The van der Waals surface area contributed by atoms with E-state index in [9.17, 15) is 24.0 Å². The Labute approximate surface area is 574 Å². The number of hydrogen-bond donors (Lipinski definition) is 5. The quantitative estimate of drug-likeness (QED) is 0.0114. The Balaban J connectivity index is 0.000000458. The Morgan fingerprint density at radius 1 is 0.391 bits per heavy atom. The van der Waals surface area contributed by atoms with E-state index in [2.05, 4.69) is 239 Å². The highest BCUT2D eigenvalue weighted by molar-refractivity contribution is 7.81. The molecule has 0 aromatic heterocycles. The van der Waals surface area contributed by atoms with Gasteiger partial charge in [-0.15, -0.1) is 0 Å². The predicted octanol–water partition coefficient (Wildman–Crippen LogP) is 13.7. The first-order valence-electron chi connectivity index (χ1n) is 30.4. The van der Waals surface area contributed by atoms with E-state index in [0.717, 1.165) is 22.6 Å². The highest BCUT2D eigenvalue weighted by atomic mass is 32.1. The van der Waals surface area contributed by atoms with E-state index < -0.39 is 0 Å². The van der Waals surface area contributed by atoms with E-state index in [0.29, 0.717) is 76.2 Å². The van der Waals surface area contributed by atoms with Crippen molar-refractivity contribution in [2.24, 2.45) is 0 Å². The lowest BCUT2D eigenvalue weighted by atomic mass is 9.78. The minimum absolute atomic E-state index is 0.0673. The van der Waals surface area contributed by atoms with Gasteiger partial charge in [0.05, 0.1) is 50.6 Å². The highest BCUT2D eigenvalue weighted by Crippen LogP contribution is 2.43. The van der Waals surface area contributed by atoms with Crippen LogP contribution in [0.2, 0.25) is 0 Å². The van der Waals surface area contributed by atoms with Crippen LogP contribution in [0, 0.1) is 0 Å². The molecule has 0 N–H and O–H groups in total. The summed E-state index contributed by atoms with van der Waals surface area (Å²) in [5, 5.41) is 0. The number of methoxy groups -OCH3 is 3. The second-order valence-corrected chi connectivity index (χ2v) is 23.0. The van der Waals surface area contributed by atoms with Gasteiger partial charge in [0, 0.05) is 72.9 Å². The monoisotopic (exact) mass is 1360 g/mol. The molecule has 0 aliphatic heterocycles. The summed E-state index contributed by atoms with van der Waals surface area (Å²) in [6.07, 6.45) is 0.811. The van der Waals surface area contributed by atoms with Crippen molar-refractivity contribution in [2.45, 2.75) is 90.1 Å². The molecule has 0 heterocycles. The third-order valence-corrected chi connectivity index (χ3v) is 15.0. The van der Waals surface area contributed by atoms with Crippen molar-refractivity contribution >= 4 is 93.0 Å². The van der Waals surface area contributed by atoms with Gasteiger partial charge in [0.15, 0.2) is 0 Å². The molecule has 0 aliphatic rings. The molecule has 20 heteroatoms. The maximum absolute atomic E-state index is 11.9. The maximum atomic E-state index is 11.9. The molecular formula is C72H96O15S5. The van der Waals surface area contributed by atoms with Crippen LogP contribution in [0.1, 0.15) is 123 Å². The Morgan fingerprint density at radius 2 is 0.750 bits per heavy atom. The van der Waals surface area contributed by atoms with Gasteiger partial charge in [-0.05, 0) is 52.4 Å². The summed E-state index contributed by atoms with van der Waals surface area (Å²) in [6, 6.07) is 54.8. The van der Waals surface area contributed by atoms with Crippen molar-refractivity contribution in [3.05, 3.63) is 202 Å². The van der Waals surface area contributed by atoms with E-state index >= 15 is 0 Å². The molecule has 15 nitrogen and oxygen atoms in total. The van der Waals surface area contributed by atoms with Crippen LogP contribution in [0.5, 0.6) is 11.5 Å². The smallest absolute Gasteiger partial charge is 0.315 e. The first-order valence-corrected chi connectivity index (χ1v) is 33.6. The number of carbonyl (C=O) groups is 5. The second kappa shape index (κ2) is 49.5. The first kappa shape index (κ1) is 82.0. The fraction of sp³-hybridized carbons (Fsp3) is 0.431. The van der Waals surface area contributed by atoms with E-state index in [-0.39, 0.29) is 90.4 Å². The molecule has 0 radical (unpaired) electrons. The van der Waals surface area contributed by atoms with Gasteiger partial charge in [0.25, 0.3) is 0 Å². The molecule has 504 valence electrons. The van der Waals surface area contributed by atoms with Crippen LogP contribution in [0.15, 0.2) is 158 Å².